The molecule has 1 aromatic heterocycles. The van der Waals surface area contributed by atoms with E-state index in [9.17, 15) is 23.2 Å². The van der Waals surface area contributed by atoms with Crippen LogP contribution in [0.4, 0.5) is 14.5 Å². The van der Waals surface area contributed by atoms with Gasteiger partial charge in [0.15, 0.2) is 24.0 Å². The molecule has 0 bridgehead atoms. The molecule has 32 heavy (non-hydrogen) atoms. The molecule has 0 aliphatic rings. The molecule has 0 atom stereocenters. The standard InChI is InChI=1S/C21H16BrF2N3O5/c1-2-31-21(30)20-17(10-19(29)27(26-20)14-5-3-4-12(22)8-14)32-11-18(28)25-13-6-7-15(23)16(24)9-13/h3-10H,2,11H2,1H3,(H,25,28). The van der Waals surface area contributed by atoms with Crippen LogP contribution in [0.5, 0.6) is 5.75 Å². The number of aromatic nitrogens is 2. The summed E-state index contributed by atoms with van der Waals surface area (Å²) in [5.41, 5.74) is -0.539. The lowest BCUT2D eigenvalue weighted by molar-refractivity contribution is -0.118. The zero-order valence-corrected chi connectivity index (χ0v) is 18.2. The Balaban J connectivity index is 1.85. The maximum absolute atomic E-state index is 13.3. The Hall–Kier alpha value is -3.60. The summed E-state index contributed by atoms with van der Waals surface area (Å²) in [5.74, 6) is -4.04. The number of hydrogen-bond donors (Lipinski definition) is 1. The molecule has 166 valence electrons. The van der Waals surface area contributed by atoms with Gasteiger partial charge in [0.1, 0.15) is 0 Å². The number of nitrogens with one attached hydrogen (secondary N) is 1. The molecule has 0 saturated heterocycles. The fourth-order valence-corrected chi connectivity index (χ4v) is 2.99. The van der Waals surface area contributed by atoms with Crippen molar-refractivity contribution in [2.75, 3.05) is 18.5 Å². The van der Waals surface area contributed by atoms with Crippen LogP contribution in [0.15, 0.2) is 57.8 Å². The molecule has 11 heteroatoms. The third-order valence-electron chi connectivity index (χ3n) is 3.98. The van der Waals surface area contributed by atoms with Crippen LogP contribution >= 0.6 is 15.9 Å². The molecule has 0 radical (unpaired) electrons. The topological polar surface area (TPSA) is 99.5 Å². The summed E-state index contributed by atoms with van der Waals surface area (Å²) in [4.78, 5) is 37.1. The van der Waals surface area contributed by atoms with Gasteiger partial charge in [-0.25, -0.2) is 13.6 Å². The lowest BCUT2D eigenvalue weighted by atomic mass is 10.3. The summed E-state index contributed by atoms with van der Waals surface area (Å²) in [6.45, 7) is 1.01. The van der Waals surface area contributed by atoms with Crippen molar-refractivity contribution >= 4 is 33.5 Å². The van der Waals surface area contributed by atoms with Gasteiger partial charge in [-0.3, -0.25) is 9.59 Å². The molecule has 8 nitrogen and oxygen atoms in total. The van der Waals surface area contributed by atoms with Gasteiger partial charge in [0.2, 0.25) is 5.69 Å². The maximum Gasteiger partial charge on any atom is 0.362 e. The minimum absolute atomic E-state index is 0.00585. The Kier molecular flexibility index (Phi) is 7.31. The number of esters is 1. The third-order valence-corrected chi connectivity index (χ3v) is 4.47. The second-order valence-electron chi connectivity index (χ2n) is 6.27. The normalized spacial score (nSPS) is 10.5. The lowest BCUT2D eigenvalue weighted by Crippen LogP contribution is -2.27. The smallest absolute Gasteiger partial charge is 0.362 e. The van der Waals surface area contributed by atoms with Crippen LogP contribution in [0.25, 0.3) is 5.69 Å². The largest absolute Gasteiger partial charge is 0.481 e. The predicted molar refractivity (Wildman–Crippen MR) is 114 cm³/mol. The van der Waals surface area contributed by atoms with Crippen molar-refractivity contribution in [2.45, 2.75) is 6.92 Å². The fraction of sp³-hybridized carbons (Fsp3) is 0.143. The van der Waals surface area contributed by atoms with Gasteiger partial charge in [0.05, 0.1) is 18.4 Å². The van der Waals surface area contributed by atoms with Crippen LogP contribution in [-0.4, -0.2) is 34.9 Å². The van der Waals surface area contributed by atoms with Crippen LogP contribution < -0.4 is 15.6 Å². The van der Waals surface area contributed by atoms with Crippen molar-refractivity contribution in [3.8, 4) is 11.4 Å². The van der Waals surface area contributed by atoms with E-state index in [4.69, 9.17) is 9.47 Å². The summed E-state index contributed by atoms with van der Waals surface area (Å²) < 4.78 is 38.3. The van der Waals surface area contributed by atoms with E-state index in [1.807, 2.05) is 0 Å². The van der Waals surface area contributed by atoms with Gasteiger partial charge >= 0.3 is 5.97 Å². The maximum atomic E-state index is 13.3. The van der Waals surface area contributed by atoms with Crippen molar-refractivity contribution in [1.82, 2.24) is 9.78 Å². The van der Waals surface area contributed by atoms with Gasteiger partial charge in [0, 0.05) is 16.2 Å². The highest BCUT2D eigenvalue weighted by atomic mass is 79.9. The number of nitrogens with zero attached hydrogens (tertiary/aromatic N) is 2. The molecule has 0 aliphatic carbocycles. The molecule has 0 unspecified atom stereocenters. The van der Waals surface area contributed by atoms with Crippen molar-refractivity contribution in [3.05, 3.63) is 80.7 Å². The van der Waals surface area contributed by atoms with E-state index in [0.717, 1.165) is 22.9 Å². The first-order valence-corrected chi connectivity index (χ1v) is 10.0. The number of rotatable bonds is 7. The Morgan fingerprint density at radius 2 is 1.91 bits per heavy atom. The van der Waals surface area contributed by atoms with Gasteiger partial charge in [-0.2, -0.15) is 9.78 Å². The first-order valence-electron chi connectivity index (χ1n) is 9.23. The number of anilines is 1. The molecule has 0 aliphatic heterocycles. The summed E-state index contributed by atoms with van der Waals surface area (Å²) in [6, 6.07) is 10.5. The van der Waals surface area contributed by atoms with E-state index in [2.05, 4.69) is 26.3 Å². The Morgan fingerprint density at radius 3 is 2.59 bits per heavy atom. The van der Waals surface area contributed by atoms with Crippen molar-refractivity contribution < 1.29 is 27.8 Å². The number of carbonyl (C=O) groups is 2. The molecule has 0 saturated carbocycles. The molecule has 1 heterocycles. The minimum Gasteiger partial charge on any atom is -0.481 e. The van der Waals surface area contributed by atoms with E-state index in [-0.39, 0.29) is 23.7 Å². The zero-order chi connectivity index (χ0) is 23.3. The van der Waals surface area contributed by atoms with Crippen LogP contribution in [0.1, 0.15) is 17.4 Å². The van der Waals surface area contributed by atoms with Crippen LogP contribution in [-0.2, 0) is 9.53 Å². The summed E-state index contributed by atoms with van der Waals surface area (Å²) in [6.07, 6.45) is 0. The molecule has 0 spiro atoms. The highest BCUT2D eigenvalue weighted by molar-refractivity contribution is 9.10. The quantitative estimate of drug-likeness (QED) is 0.491. The number of amides is 1. The van der Waals surface area contributed by atoms with E-state index in [1.165, 1.54) is 6.07 Å². The van der Waals surface area contributed by atoms with Gasteiger partial charge in [0.25, 0.3) is 11.5 Å². The molecule has 1 N–H and O–H groups in total. The molecular weight excluding hydrogens is 492 g/mol. The molecular formula is C21H16BrF2N3O5. The van der Waals surface area contributed by atoms with Gasteiger partial charge in [-0.1, -0.05) is 22.0 Å². The van der Waals surface area contributed by atoms with Gasteiger partial charge < -0.3 is 14.8 Å². The SMILES string of the molecule is CCOC(=O)c1nn(-c2cccc(Br)c2)c(=O)cc1OCC(=O)Nc1ccc(F)c(F)c1. The number of halogens is 3. The van der Waals surface area contributed by atoms with E-state index < -0.39 is 35.7 Å². The molecule has 3 aromatic rings. The van der Waals surface area contributed by atoms with Crippen molar-refractivity contribution in [1.29, 1.82) is 0 Å². The first-order chi connectivity index (χ1) is 15.3. The molecule has 3 rings (SSSR count). The summed E-state index contributed by atoms with van der Waals surface area (Å²) in [7, 11) is 0. The molecule has 1 amide bonds. The van der Waals surface area contributed by atoms with Crippen LogP contribution in [0.3, 0.4) is 0 Å². The Morgan fingerprint density at radius 1 is 1.12 bits per heavy atom. The highest BCUT2D eigenvalue weighted by Gasteiger charge is 2.21. The van der Waals surface area contributed by atoms with Crippen molar-refractivity contribution in [2.24, 2.45) is 0 Å². The average Bonchev–Trinajstić information content (AvgIpc) is 2.75. The van der Waals surface area contributed by atoms with E-state index in [1.54, 1.807) is 31.2 Å². The highest BCUT2D eigenvalue weighted by Crippen LogP contribution is 2.19. The number of carbonyl (C=O) groups excluding carboxylic acids is 2. The predicted octanol–water partition coefficient (Wildman–Crippen LogP) is 3.47. The second-order valence-corrected chi connectivity index (χ2v) is 7.19. The zero-order valence-electron chi connectivity index (χ0n) is 16.6. The van der Waals surface area contributed by atoms with E-state index >= 15 is 0 Å². The fourth-order valence-electron chi connectivity index (χ4n) is 2.60. The van der Waals surface area contributed by atoms with Gasteiger partial charge in [-0.05, 0) is 37.3 Å². The van der Waals surface area contributed by atoms with Crippen LogP contribution in [0, 0.1) is 11.6 Å². The van der Waals surface area contributed by atoms with Crippen molar-refractivity contribution in [3.63, 3.8) is 0 Å². The first kappa shape index (κ1) is 23.1. The van der Waals surface area contributed by atoms with Gasteiger partial charge in [-0.15, -0.1) is 0 Å². The molecule has 2 aromatic carbocycles. The van der Waals surface area contributed by atoms with Crippen LogP contribution in [0.2, 0.25) is 0 Å². The number of hydrogen-bond acceptors (Lipinski definition) is 6. The number of ether oxygens (including phenoxy) is 2. The lowest BCUT2D eigenvalue weighted by Gasteiger charge is -2.13. The molecule has 0 fully saturated rings. The second kappa shape index (κ2) is 10.1. The average molecular weight is 508 g/mol. The summed E-state index contributed by atoms with van der Waals surface area (Å²) in [5, 5.41) is 6.36. The third kappa shape index (κ3) is 5.55. The monoisotopic (exact) mass is 507 g/mol. The van der Waals surface area contributed by atoms with E-state index in [0.29, 0.717) is 10.2 Å². The minimum atomic E-state index is -1.13. The number of benzene rings is 2. The Bertz CT molecular complexity index is 1230. The Labute approximate surface area is 188 Å². The summed E-state index contributed by atoms with van der Waals surface area (Å²) >= 11 is 3.30.